The van der Waals surface area contributed by atoms with Gasteiger partial charge in [-0.15, -0.1) is 5.10 Å². The van der Waals surface area contributed by atoms with Gasteiger partial charge < -0.3 is 10.1 Å². The maximum Gasteiger partial charge on any atom is 0.275 e. The second-order valence-corrected chi connectivity index (χ2v) is 6.05. The van der Waals surface area contributed by atoms with Crippen LogP contribution in [0.4, 0.5) is 9.52 Å². The van der Waals surface area contributed by atoms with Crippen molar-refractivity contribution < 1.29 is 9.13 Å². The number of anilines is 1. The summed E-state index contributed by atoms with van der Waals surface area (Å²) in [6.45, 7) is 3.64. The lowest BCUT2D eigenvalue weighted by Crippen LogP contribution is -2.15. The highest BCUT2D eigenvalue weighted by Crippen LogP contribution is 2.26. The lowest BCUT2D eigenvalue weighted by atomic mass is 10.1. The standard InChI is InChI=1S/C15H15FN4O2S/c1-8-6-13(21)20-15(17-8)23-14(19-20)18-9(2)10-4-5-12(22-3)11(16)7-10/h4-7,9H,1-3H3,(H,18,19)/t9-/m1/s1. The Labute approximate surface area is 135 Å². The molecule has 0 spiro atoms. The van der Waals surface area contributed by atoms with Crippen molar-refractivity contribution in [2.45, 2.75) is 19.9 Å². The molecule has 8 heteroatoms. The minimum atomic E-state index is -0.420. The molecule has 1 aromatic carbocycles. The van der Waals surface area contributed by atoms with Gasteiger partial charge in [-0.05, 0) is 31.5 Å². The van der Waals surface area contributed by atoms with Crippen molar-refractivity contribution in [1.29, 1.82) is 0 Å². The second kappa shape index (κ2) is 5.96. The molecule has 0 saturated carbocycles. The van der Waals surface area contributed by atoms with Crippen LogP contribution < -0.4 is 15.6 Å². The number of benzene rings is 1. The number of hydrogen-bond donors (Lipinski definition) is 1. The molecular formula is C15H15FN4O2S. The van der Waals surface area contributed by atoms with Crippen LogP contribution in [-0.4, -0.2) is 21.7 Å². The molecule has 0 radical (unpaired) electrons. The highest BCUT2D eigenvalue weighted by molar-refractivity contribution is 7.20. The van der Waals surface area contributed by atoms with Crippen molar-refractivity contribution in [3.63, 3.8) is 0 Å². The lowest BCUT2D eigenvalue weighted by molar-refractivity contribution is 0.386. The largest absolute Gasteiger partial charge is 0.494 e. The maximum atomic E-state index is 13.8. The number of aromatic nitrogens is 3. The van der Waals surface area contributed by atoms with Gasteiger partial charge in [0.05, 0.1) is 13.2 Å². The van der Waals surface area contributed by atoms with Crippen LogP contribution in [0.1, 0.15) is 24.2 Å². The Morgan fingerprint density at radius 3 is 2.87 bits per heavy atom. The summed E-state index contributed by atoms with van der Waals surface area (Å²) in [6.07, 6.45) is 0. The Morgan fingerprint density at radius 2 is 2.17 bits per heavy atom. The van der Waals surface area contributed by atoms with Crippen LogP contribution in [0.3, 0.4) is 0 Å². The summed E-state index contributed by atoms with van der Waals surface area (Å²) in [7, 11) is 1.42. The minimum Gasteiger partial charge on any atom is -0.494 e. The lowest BCUT2D eigenvalue weighted by Gasteiger charge is -2.13. The number of nitrogens with one attached hydrogen (secondary N) is 1. The molecule has 0 fully saturated rings. The Hall–Kier alpha value is -2.48. The first-order valence-corrected chi connectivity index (χ1v) is 7.77. The summed E-state index contributed by atoms with van der Waals surface area (Å²) in [6, 6.07) is 6.02. The Balaban J connectivity index is 1.88. The average Bonchev–Trinajstić information content (AvgIpc) is 2.89. The third-order valence-corrected chi connectivity index (χ3v) is 4.23. The summed E-state index contributed by atoms with van der Waals surface area (Å²) >= 11 is 1.27. The van der Waals surface area contributed by atoms with Gasteiger partial charge in [0, 0.05) is 11.8 Å². The molecule has 0 saturated heterocycles. The zero-order chi connectivity index (χ0) is 16.6. The summed E-state index contributed by atoms with van der Waals surface area (Å²) < 4.78 is 20.0. The number of nitrogens with zero attached hydrogens (tertiary/aromatic N) is 3. The van der Waals surface area contributed by atoms with Crippen LogP contribution in [0, 0.1) is 12.7 Å². The second-order valence-electron chi connectivity index (χ2n) is 5.10. The number of rotatable bonds is 4. The van der Waals surface area contributed by atoms with Gasteiger partial charge in [0.25, 0.3) is 5.56 Å². The molecule has 1 N–H and O–H groups in total. The van der Waals surface area contributed by atoms with E-state index in [0.29, 0.717) is 15.8 Å². The van der Waals surface area contributed by atoms with E-state index in [0.717, 1.165) is 5.56 Å². The molecule has 0 bridgehead atoms. The topological polar surface area (TPSA) is 68.5 Å². The molecule has 0 aliphatic heterocycles. The molecule has 6 nitrogen and oxygen atoms in total. The van der Waals surface area contributed by atoms with Crippen molar-refractivity contribution >= 4 is 21.4 Å². The Kier molecular flexibility index (Phi) is 3.99. The first-order valence-electron chi connectivity index (χ1n) is 6.95. The molecule has 3 aromatic rings. The van der Waals surface area contributed by atoms with Crippen molar-refractivity contribution in [3.8, 4) is 5.75 Å². The van der Waals surface area contributed by atoms with Crippen LogP contribution in [0.25, 0.3) is 4.96 Å². The Bertz CT molecular complexity index is 921. The normalized spacial score (nSPS) is 12.3. The van der Waals surface area contributed by atoms with Crippen molar-refractivity contribution in [1.82, 2.24) is 14.6 Å². The third-order valence-electron chi connectivity index (χ3n) is 3.39. The first kappa shape index (κ1) is 15.4. The van der Waals surface area contributed by atoms with E-state index in [1.54, 1.807) is 19.1 Å². The van der Waals surface area contributed by atoms with Crippen molar-refractivity contribution in [2.24, 2.45) is 0 Å². The fourth-order valence-electron chi connectivity index (χ4n) is 2.20. The highest BCUT2D eigenvalue weighted by atomic mass is 32.1. The average molecular weight is 334 g/mol. The van der Waals surface area contributed by atoms with E-state index in [9.17, 15) is 9.18 Å². The first-order chi connectivity index (χ1) is 11.0. The van der Waals surface area contributed by atoms with Crippen LogP contribution in [0.15, 0.2) is 29.1 Å². The van der Waals surface area contributed by atoms with Gasteiger partial charge in [0.2, 0.25) is 10.1 Å². The van der Waals surface area contributed by atoms with E-state index < -0.39 is 5.82 Å². The van der Waals surface area contributed by atoms with Gasteiger partial charge in [-0.25, -0.2) is 9.37 Å². The molecule has 120 valence electrons. The SMILES string of the molecule is COc1ccc([C@@H](C)Nc2nn3c(=O)cc(C)nc3s2)cc1F. The summed E-state index contributed by atoms with van der Waals surface area (Å²) in [5.74, 6) is -0.219. The van der Waals surface area contributed by atoms with E-state index in [4.69, 9.17) is 4.74 Å². The summed E-state index contributed by atoms with van der Waals surface area (Å²) in [5, 5.41) is 7.91. The van der Waals surface area contributed by atoms with Crippen molar-refractivity contribution in [2.75, 3.05) is 12.4 Å². The fraction of sp³-hybridized carbons (Fsp3) is 0.267. The van der Waals surface area contributed by atoms with Crippen LogP contribution in [0.5, 0.6) is 5.75 Å². The Morgan fingerprint density at radius 1 is 1.39 bits per heavy atom. The number of hydrogen-bond acceptors (Lipinski definition) is 6. The molecule has 2 aromatic heterocycles. The summed E-state index contributed by atoms with van der Waals surface area (Å²) in [4.78, 5) is 16.7. The molecule has 0 amide bonds. The zero-order valence-electron chi connectivity index (χ0n) is 12.8. The van der Waals surface area contributed by atoms with E-state index in [-0.39, 0.29) is 17.4 Å². The molecule has 1 atom stereocenters. The molecule has 3 rings (SSSR count). The highest BCUT2D eigenvalue weighted by Gasteiger charge is 2.13. The maximum absolute atomic E-state index is 13.8. The molecular weight excluding hydrogens is 319 g/mol. The predicted octanol–water partition coefficient (Wildman–Crippen LogP) is 2.78. The van der Waals surface area contributed by atoms with E-state index >= 15 is 0 Å². The third kappa shape index (κ3) is 3.02. The van der Waals surface area contributed by atoms with Gasteiger partial charge in [-0.3, -0.25) is 4.79 Å². The van der Waals surface area contributed by atoms with Crippen LogP contribution in [-0.2, 0) is 0 Å². The van der Waals surface area contributed by atoms with Crippen molar-refractivity contribution in [3.05, 3.63) is 51.7 Å². The molecule has 23 heavy (non-hydrogen) atoms. The number of halogens is 1. The monoisotopic (exact) mass is 334 g/mol. The molecule has 0 aliphatic rings. The van der Waals surface area contributed by atoms with Gasteiger partial charge >= 0.3 is 0 Å². The molecule has 0 aliphatic carbocycles. The van der Waals surface area contributed by atoms with Gasteiger partial charge in [-0.1, -0.05) is 17.4 Å². The van der Waals surface area contributed by atoms with E-state index in [2.05, 4.69) is 15.4 Å². The smallest absolute Gasteiger partial charge is 0.275 e. The van der Waals surface area contributed by atoms with Gasteiger partial charge in [-0.2, -0.15) is 4.52 Å². The predicted molar refractivity (Wildman–Crippen MR) is 86.9 cm³/mol. The van der Waals surface area contributed by atoms with Gasteiger partial charge in [0.15, 0.2) is 11.6 Å². The minimum absolute atomic E-state index is 0.187. The number of ether oxygens (including phenoxy) is 1. The summed E-state index contributed by atoms with van der Waals surface area (Å²) in [5.41, 5.74) is 1.18. The fourth-order valence-corrected chi connectivity index (χ4v) is 3.14. The zero-order valence-corrected chi connectivity index (χ0v) is 13.6. The van der Waals surface area contributed by atoms with E-state index in [1.165, 1.54) is 35.1 Å². The van der Waals surface area contributed by atoms with Crippen LogP contribution in [0.2, 0.25) is 0 Å². The van der Waals surface area contributed by atoms with Gasteiger partial charge in [0.1, 0.15) is 0 Å². The molecule has 0 unspecified atom stereocenters. The number of aryl methyl sites for hydroxylation is 1. The quantitative estimate of drug-likeness (QED) is 0.794. The van der Waals surface area contributed by atoms with E-state index in [1.807, 2.05) is 6.92 Å². The number of fused-ring (bicyclic) bond motifs is 1. The van der Waals surface area contributed by atoms with Crippen LogP contribution >= 0.6 is 11.3 Å². The number of methoxy groups -OCH3 is 1. The molecule has 2 heterocycles.